The molecule has 0 atom stereocenters. The molecule has 1 aliphatic rings. The van der Waals surface area contributed by atoms with Crippen molar-refractivity contribution in [2.45, 2.75) is 32.4 Å². The molecule has 0 unspecified atom stereocenters. The van der Waals surface area contributed by atoms with Crippen molar-refractivity contribution in [2.24, 2.45) is 0 Å². The molecule has 3 aromatic rings. The Bertz CT molecular complexity index is 879. The Kier molecular flexibility index (Phi) is 4.32. The van der Waals surface area contributed by atoms with Gasteiger partial charge in [-0.15, -0.1) is 0 Å². The molecule has 128 valence electrons. The number of rotatable bonds is 4. The average molecular weight is 334 g/mol. The van der Waals surface area contributed by atoms with Crippen LogP contribution in [0.2, 0.25) is 0 Å². The van der Waals surface area contributed by atoms with E-state index in [1.54, 1.807) is 13.1 Å². The predicted molar refractivity (Wildman–Crippen MR) is 97.5 cm³/mol. The Balaban J connectivity index is 1.54. The molecule has 3 heterocycles. The minimum Gasteiger partial charge on any atom is -0.303 e. The number of nitrogens with zero attached hydrogens (tertiary/aromatic N) is 4. The van der Waals surface area contributed by atoms with E-state index >= 15 is 0 Å². The van der Waals surface area contributed by atoms with Crippen LogP contribution >= 0.6 is 0 Å². The molecule has 0 amide bonds. The summed E-state index contributed by atoms with van der Waals surface area (Å²) in [6, 6.07) is 14.7. The first-order valence-electron chi connectivity index (χ1n) is 8.82. The largest absolute Gasteiger partial charge is 0.303 e. The standard InChI is InChI=1S/C20H22N4O/c1-15(25)19-22-18-8-5-11-21-20(18)24(19)17-9-12-23(13-10-17)14-16-6-3-2-4-7-16/h2-8,11,17H,9-10,12-14H2,1H3. The molecule has 0 saturated carbocycles. The lowest BCUT2D eigenvalue weighted by Crippen LogP contribution is -2.34. The lowest BCUT2D eigenvalue weighted by Gasteiger charge is -2.33. The van der Waals surface area contributed by atoms with E-state index in [1.807, 2.05) is 12.1 Å². The number of pyridine rings is 1. The third kappa shape index (κ3) is 3.20. The van der Waals surface area contributed by atoms with E-state index in [-0.39, 0.29) is 11.8 Å². The van der Waals surface area contributed by atoms with Crippen LogP contribution in [0.3, 0.4) is 0 Å². The maximum atomic E-state index is 12.1. The quantitative estimate of drug-likeness (QED) is 0.686. The van der Waals surface area contributed by atoms with E-state index < -0.39 is 0 Å². The van der Waals surface area contributed by atoms with Crippen LogP contribution in [0.5, 0.6) is 0 Å². The van der Waals surface area contributed by atoms with Gasteiger partial charge in [-0.1, -0.05) is 30.3 Å². The molecule has 1 saturated heterocycles. The fourth-order valence-electron chi connectivity index (χ4n) is 3.70. The average Bonchev–Trinajstić information content (AvgIpc) is 3.03. The minimum absolute atomic E-state index is 0.00437. The summed E-state index contributed by atoms with van der Waals surface area (Å²) >= 11 is 0. The molecule has 0 spiro atoms. The fourth-order valence-corrected chi connectivity index (χ4v) is 3.70. The first kappa shape index (κ1) is 16.0. The van der Waals surface area contributed by atoms with Crippen molar-refractivity contribution in [3.05, 3.63) is 60.0 Å². The van der Waals surface area contributed by atoms with Gasteiger partial charge < -0.3 is 4.57 Å². The van der Waals surface area contributed by atoms with Crippen LogP contribution < -0.4 is 0 Å². The predicted octanol–water partition coefficient (Wildman–Crippen LogP) is 3.47. The number of hydrogen-bond acceptors (Lipinski definition) is 4. The summed E-state index contributed by atoms with van der Waals surface area (Å²) in [5, 5.41) is 0. The number of carbonyl (C=O) groups is 1. The highest BCUT2D eigenvalue weighted by molar-refractivity contribution is 5.94. The zero-order valence-electron chi connectivity index (χ0n) is 14.4. The van der Waals surface area contributed by atoms with Gasteiger partial charge in [0.2, 0.25) is 0 Å². The lowest BCUT2D eigenvalue weighted by atomic mass is 10.0. The van der Waals surface area contributed by atoms with Gasteiger partial charge in [0.05, 0.1) is 0 Å². The Labute approximate surface area is 147 Å². The van der Waals surface area contributed by atoms with Crippen LogP contribution in [-0.4, -0.2) is 38.3 Å². The number of ketones is 1. The number of Topliss-reactive ketones (excluding diaryl/α,β-unsaturated/α-hetero) is 1. The monoisotopic (exact) mass is 334 g/mol. The molecule has 1 aromatic carbocycles. The van der Waals surface area contributed by atoms with Gasteiger partial charge in [-0.25, -0.2) is 9.97 Å². The van der Waals surface area contributed by atoms with Crippen LogP contribution in [0.1, 0.15) is 42.0 Å². The topological polar surface area (TPSA) is 51.0 Å². The van der Waals surface area contributed by atoms with E-state index in [4.69, 9.17) is 0 Å². The van der Waals surface area contributed by atoms with Crippen LogP contribution in [0, 0.1) is 0 Å². The molecule has 0 radical (unpaired) electrons. The molecule has 0 N–H and O–H groups in total. The van der Waals surface area contributed by atoms with Gasteiger partial charge in [0, 0.05) is 38.8 Å². The highest BCUT2D eigenvalue weighted by Crippen LogP contribution is 2.28. The van der Waals surface area contributed by atoms with Gasteiger partial charge in [-0.05, 0) is 30.5 Å². The number of aromatic nitrogens is 3. The van der Waals surface area contributed by atoms with Gasteiger partial charge in [0.25, 0.3) is 0 Å². The second-order valence-electron chi connectivity index (χ2n) is 6.70. The van der Waals surface area contributed by atoms with Gasteiger partial charge in [0.15, 0.2) is 17.3 Å². The zero-order chi connectivity index (χ0) is 17.2. The minimum atomic E-state index is 0.00437. The maximum absolute atomic E-state index is 12.1. The third-order valence-corrected chi connectivity index (χ3v) is 4.93. The molecule has 1 aliphatic heterocycles. The molecular formula is C20H22N4O. The smallest absolute Gasteiger partial charge is 0.195 e. The highest BCUT2D eigenvalue weighted by Gasteiger charge is 2.26. The van der Waals surface area contributed by atoms with Crippen molar-refractivity contribution in [3.8, 4) is 0 Å². The molecule has 0 aliphatic carbocycles. The Morgan fingerprint density at radius 2 is 1.88 bits per heavy atom. The van der Waals surface area contributed by atoms with Gasteiger partial charge in [-0.2, -0.15) is 0 Å². The summed E-state index contributed by atoms with van der Waals surface area (Å²) in [5.41, 5.74) is 2.98. The zero-order valence-corrected chi connectivity index (χ0v) is 14.4. The van der Waals surface area contributed by atoms with Gasteiger partial charge >= 0.3 is 0 Å². The summed E-state index contributed by atoms with van der Waals surface area (Å²) in [6.07, 6.45) is 3.79. The van der Waals surface area contributed by atoms with E-state index in [1.165, 1.54) is 5.56 Å². The van der Waals surface area contributed by atoms with Crippen molar-refractivity contribution in [1.29, 1.82) is 0 Å². The SMILES string of the molecule is CC(=O)c1nc2cccnc2n1C1CCN(Cc2ccccc2)CC1. The fraction of sp³-hybridized carbons (Fsp3) is 0.350. The molecular weight excluding hydrogens is 312 g/mol. The number of benzene rings is 1. The third-order valence-electron chi connectivity index (χ3n) is 4.93. The molecule has 1 fully saturated rings. The van der Waals surface area contributed by atoms with Crippen molar-refractivity contribution in [1.82, 2.24) is 19.4 Å². The van der Waals surface area contributed by atoms with Crippen LogP contribution in [0.15, 0.2) is 48.7 Å². The number of piperidine rings is 1. The molecule has 25 heavy (non-hydrogen) atoms. The highest BCUT2D eigenvalue weighted by atomic mass is 16.1. The molecule has 0 bridgehead atoms. The van der Waals surface area contributed by atoms with Gasteiger partial charge in [0.1, 0.15) is 5.52 Å². The maximum Gasteiger partial charge on any atom is 0.195 e. The summed E-state index contributed by atoms with van der Waals surface area (Å²) in [4.78, 5) is 23.5. The van der Waals surface area contributed by atoms with E-state index in [9.17, 15) is 4.79 Å². The van der Waals surface area contributed by atoms with Crippen LogP contribution in [-0.2, 0) is 6.54 Å². The Morgan fingerprint density at radius 1 is 1.12 bits per heavy atom. The summed E-state index contributed by atoms with van der Waals surface area (Å²) in [7, 11) is 0. The van der Waals surface area contributed by atoms with Crippen molar-refractivity contribution < 1.29 is 4.79 Å². The second-order valence-corrected chi connectivity index (χ2v) is 6.70. The molecule has 5 nitrogen and oxygen atoms in total. The van der Waals surface area contributed by atoms with E-state index in [0.717, 1.165) is 43.6 Å². The summed E-state index contributed by atoms with van der Waals surface area (Å²) in [5.74, 6) is 0.542. The van der Waals surface area contributed by atoms with E-state index in [2.05, 4.69) is 49.8 Å². The van der Waals surface area contributed by atoms with Crippen molar-refractivity contribution in [2.75, 3.05) is 13.1 Å². The Hall–Kier alpha value is -2.53. The number of hydrogen-bond donors (Lipinski definition) is 0. The number of carbonyl (C=O) groups excluding carboxylic acids is 1. The normalized spacial score (nSPS) is 16.4. The molecule has 4 rings (SSSR count). The number of fused-ring (bicyclic) bond motifs is 1. The second kappa shape index (κ2) is 6.76. The first-order chi connectivity index (χ1) is 12.2. The Morgan fingerprint density at radius 3 is 2.60 bits per heavy atom. The van der Waals surface area contributed by atoms with E-state index in [0.29, 0.717) is 5.82 Å². The van der Waals surface area contributed by atoms with Crippen LogP contribution in [0.25, 0.3) is 11.2 Å². The van der Waals surface area contributed by atoms with Crippen molar-refractivity contribution >= 4 is 16.9 Å². The summed E-state index contributed by atoms with van der Waals surface area (Å²) < 4.78 is 2.07. The van der Waals surface area contributed by atoms with Crippen LogP contribution in [0.4, 0.5) is 0 Å². The number of imidazole rings is 1. The first-order valence-corrected chi connectivity index (χ1v) is 8.82. The molecule has 2 aromatic heterocycles. The van der Waals surface area contributed by atoms with Gasteiger partial charge in [-0.3, -0.25) is 9.69 Å². The lowest BCUT2D eigenvalue weighted by molar-refractivity contribution is 0.0992. The number of likely N-dealkylation sites (tertiary alicyclic amines) is 1. The van der Waals surface area contributed by atoms with Crippen molar-refractivity contribution in [3.63, 3.8) is 0 Å². The summed E-state index contributed by atoms with van der Waals surface area (Å²) in [6.45, 7) is 4.60. The molecule has 5 heteroatoms.